The van der Waals surface area contributed by atoms with E-state index in [9.17, 15) is 8.42 Å². The molecule has 19 heavy (non-hydrogen) atoms. The molecule has 1 aliphatic rings. The highest BCUT2D eigenvalue weighted by atomic mass is 32.2. The minimum absolute atomic E-state index is 0.0632. The molecule has 1 unspecified atom stereocenters. The first-order chi connectivity index (χ1) is 9.09. The maximum atomic E-state index is 11.9. The molecular formula is C13H16N2O3S. The van der Waals surface area contributed by atoms with Crippen molar-refractivity contribution in [3.8, 4) is 6.07 Å². The predicted octanol–water partition coefficient (Wildman–Crippen LogP) is 1.01. The van der Waals surface area contributed by atoms with Gasteiger partial charge in [-0.3, -0.25) is 0 Å². The zero-order valence-electron chi connectivity index (χ0n) is 10.5. The Morgan fingerprint density at radius 2 is 2.11 bits per heavy atom. The number of nitrogens with zero attached hydrogens (tertiary/aromatic N) is 1. The van der Waals surface area contributed by atoms with Gasteiger partial charge in [-0.25, -0.2) is 13.1 Å². The molecule has 1 aromatic rings. The Morgan fingerprint density at radius 1 is 1.37 bits per heavy atom. The van der Waals surface area contributed by atoms with E-state index in [-0.39, 0.29) is 11.7 Å². The van der Waals surface area contributed by atoms with E-state index in [4.69, 9.17) is 10.00 Å². The summed E-state index contributed by atoms with van der Waals surface area (Å²) in [4.78, 5) is 0. The molecule has 1 N–H and O–H groups in total. The van der Waals surface area contributed by atoms with E-state index in [0.29, 0.717) is 30.9 Å². The van der Waals surface area contributed by atoms with Gasteiger partial charge in [0.05, 0.1) is 24.0 Å². The molecule has 0 amide bonds. The molecule has 1 saturated heterocycles. The van der Waals surface area contributed by atoms with Gasteiger partial charge in [-0.05, 0) is 30.0 Å². The van der Waals surface area contributed by atoms with Crippen LogP contribution in [0.1, 0.15) is 17.5 Å². The first kappa shape index (κ1) is 14.0. The van der Waals surface area contributed by atoms with Crippen LogP contribution in [0.15, 0.2) is 24.3 Å². The summed E-state index contributed by atoms with van der Waals surface area (Å²) in [7, 11) is -3.33. The highest BCUT2D eigenvalue weighted by Gasteiger charge is 2.19. The second-order valence-electron chi connectivity index (χ2n) is 4.65. The largest absolute Gasteiger partial charge is 0.381 e. The minimum Gasteiger partial charge on any atom is -0.381 e. The average Bonchev–Trinajstić information content (AvgIpc) is 2.90. The zero-order chi connectivity index (χ0) is 13.7. The summed E-state index contributed by atoms with van der Waals surface area (Å²) >= 11 is 0. The lowest BCUT2D eigenvalue weighted by molar-refractivity contribution is 0.186. The molecule has 0 aromatic heterocycles. The van der Waals surface area contributed by atoms with Crippen LogP contribution in [0, 0.1) is 17.2 Å². The maximum absolute atomic E-state index is 11.9. The van der Waals surface area contributed by atoms with Gasteiger partial charge in [-0.1, -0.05) is 12.1 Å². The van der Waals surface area contributed by atoms with Crippen molar-refractivity contribution in [3.05, 3.63) is 35.4 Å². The Morgan fingerprint density at radius 3 is 2.68 bits per heavy atom. The molecule has 5 nitrogen and oxygen atoms in total. The van der Waals surface area contributed by atoms with Crippen molar-refractivity contribution in [2.24, 2.45) is 5.92 Å². The van der Waals surface area contributed by atoms with Crippen molar-refractivity contribution < 1.29 is 13.2 Å². The standard InChI is InChI=1S/C13H16N2O3S/c14-7-11-1-3-12(4-2-11)10-19(16,17)15-8-13-5-6-18-9-13/h1-4,13,15H,5-6,8-10H2. The molecule has 1 atom stereocenters. The summed E-state index contributed by atoms with van der Waals surface area (Å²) in [5.74, 6) is 0.211. The number of ether oxygens (including phenoxy) is 1. The van der Waals surface area contributed by atoms with Gasteiger partial charge >= 0.3 is 0 Å². The van der Waals surface area contributed by atoms with Crippen molar-refractivity contribution in [1.29, 1.82) is 5.26 Å². The van der Waals surface area contributed by atoms with Crippen LogP contribution < -0.4 is 4.72 Å². The van der Waals surface area contributed by atoms with Gasteiger partial charge in [0.15, 0.2) is 0 Å². The molecule has 0 radical (unpaired) electrons. The number of nitriles is 1. The van der Waals surface area contributed by atoms with E-state index in [0.717, 1.165) is 6.42 Å². The minimum atomic E-state index is -3.33. The van der Waals surface area contributed by atoms with Crippen LogP contribution in [0.5, 0.6) is 0 Å². The highest BCUT2D eigenvalue weighted by molar-refractivity contribution is 7.88. The van der Waals surface area contributed by atoms with Crippen LogP contribution in [0.25, 0.3) is 0 Å². The summed E-state index contributed by atoms with van der Waals surface area (Å²) in [6, 6.07) is 8.57. The Bertz CT molecular complexity index is 555. The molecule has 1 aromatic carbocycles. The molecule has 0 bridgehead atoms. The number of benzene rings is 1. The van der Waals surface area contributed by atoms with Crippen LogP contribution in [0.2, 0.25) is 0 Å². The van der Waals surface area contributed by atoms with Gasteiger partial charge in [0.2, 0.25) is 10.0 Å². The van der Waals surface area contributed by atoms with Crippen molar-refractivity contribution in [2.45, 2.75) is 12.2 Å². The predicted molar refractivity (Wildman–Crippen MR) is 70.7 cm³/mol. The lowest BCUT2D eigenvalue weighted by Crippen LogP contribution is -2.30. The smallest absolute Gasteiger partial charge is 0.215 e. The van der Waals surface area contributed by atoms with E-state index >= 15 is 0 Å². The monoisotopic (exact) mass is 280 g/mol. The third-order valence-electron chi connectivity index (χ3n) is 3.06. The normalized spacial score (nSPS) is 19.2. The Balaban J connectivity index is 1.90. The molecule has 2 rings (SSSR count). The molecule has 1 aliphatic heterocycles. The summed E-state index contributed by atoms with van der Waals surface area (Å²) in [6.07, 6.45) is 0.902. The molecular weight excluding hydrogens is 264 g/mol. The number of hydrogen-bond donors (Lipinski definition) is 1. The first-order valence-electron chi connectivity index (χ1n) is 6.13. The average molecular weight is 280 g/mol. The van der Waals surface area contributed by atoms with Crippen molar-refractivity contribution in [3.63, 3.8) is 0 Å². The van der Waals surface area contributed by atoms with Crippen LogP contribution in [-0.4, -0.2) is 28.2 Å². The number of rotatable bonds is 5. The third kappa shape index (κ3) is 4.31. The van der Waals surface area contributed by atoms with Crippen LogP contribution in [0.3, 0.4) is 0 Å². The molecule has 0 saturated carbocycles. The van der Waals surface area contributed by atoms with E-state index in [2.05, 4.69) is 4.72 Å². The van der Waals surface area contributed by atoms with Crippen molar-refractivity contribution in [1.82, 2.24) is 4.72 Å². The second kappa shape index (κ2) is 6.15. The molecule has 0 aliphatic carbocycles. The zero-order valence-corrected chi connectivity index (χ0v) is 11.3. The highest BCUT2D eigenvalue weighted by Crippen LogP contribution is 2.12. The van der Waals surface area contributed by atoms with E-state index < -0.39 is 10.0 Å². The number of hydrogen-bond acceptors (Lipinski definition) is 4. The second-order valence-corrected chi connectivity index (χ2v) is 6.45. The Kier molecular flexibility index (Phi) is 4.53. The first-order valence-corrected chi connectivity index (χ1v) is 7.78. The van der Waals surface area contributed by atoms with Gasteiger partial charge in [0.25, 0.3) is 0 Å². The van der Waals surface area contributed by atoms with E-state index in [1.54, 1.807) is 24.3 Å². The van der Waals surface area contributed by atoms with Crippen molar-refractivity contribution in [2.75, 3.05) is 19.8 Å². The Labute approximate surface area is 113 Å². The lowest BCUT2D eigenvalue weighted by Gasteiger charge is -2.10. The molecule has 6 heteroatoms. The Hall–Kier alpha value is -1.42. The third-order valence-corrected chi connectivity index (χ3v) is 4.38. The summed E-state index contributed by atoms with van der Waals surface area (Å²) in [5.41, 5.74) is 1.20. The number of sulfonamides is 1. The van der Waals surface area contributed by atoms with Gasteiger partial charge < -0.3 is 4.74 Å². The fraction of sp³-hybridized carbons (Fsp3) is 0.462. The van der Waals surface area contributed by atoms with E-state index in [1.165, 1.54) is 0 Å². The van der Waals surface area contributed by atoms with Gasteiger partial charge in [-0.2, -0.15) is 5.26 Å². The van der Waals surface area contributed by atoms with Crippen LogP contribution in [0.4, 0.5) is 0 Å². The summed E-state index contributed by atoms with van der Waals surface area (Å²) in [6.45, 7) is 1.76. The maximum Gasteiger partial charge on any atom is 0.215 e. The molecule has 0 spiro atoms. The van der Waals surface area contributed by atoms with Gasteiger partial charge in [0, 0.05) is 13.2 Å². The van der Waals surface area contributed by atoms with E-state index in [1.807, 2.05) is 6.07 Å². The van der Waals surface area contributed by atoms with Crippen molar-refractivity contribution >= 4 is 10.0 Å². The summed E-state index contributed by atoms with van der Waals surface area (Å²) in [5, 5.41) is 8.67. The fourth-order valence-corrected chi connectivity index (χ4v) is 3.16. The quantitative estimate of drug-likeness (QED) is 0.873. The van der Waals surface area contributed by atoms with Gasteiger partial charge in [0.1, 0.15) is 0 Å². The summed E-state index contributed by atoms with van der Waals surface area (Å²) < 4.78 is 31.6. The SMILES string of the molecule is N#Cc1ccc(CS(=O)(=O)NCC2CCOC2)cc1. The molecule has 102 valence electrons. The molecule has 1 heterocycles. The fourth-order valence-electron chi connectivity index (χ4n) is 1.94. The topological polar surface area (TPSA) is 79.2 Å². The number of nitrogens with one attached hydrogen (secondary N) is 1. The van der Waals surface area contributed by atoms with Crippen LogP contribution >= 0.6 is 0 Å². The van der Waals surface area contributed by atoms with Crippen LogP contribution in [-0.2, 0) is 20.5 Å². The molecule has 1 fully saturated rings. The van der Waals surface area contributed by atoms with Gasteiger partial charge in [-0.15, -0.1) is 0 Å². The lowest BCUT2D eigenvalue weighted by atomic mass is 10.1.